The van der Waals surface area contributed by atoms with E-state index in [1.807, 2.05) is 0 Å². The molecular weight excluding hydrogens is 439 g/mol. The van der Waals surface area contributed by atoms with Crippen LogP contribution in [0, 0.1) is 5.82 Å². The highest BCUT2D eigenvalue weighted by Gasteiger charge is 2.46. The second-order valence-electron chi connectivity index (χ2n) is 7.60. The predicted octanol–water partition coefficient (Wildman–Crippen LogP) is 3.95. The first-order valence-corrected chi connectivity index (χ1v) is 10.6. The Hall–Kier alpha value is -4.33. The van der Waals surface area contributed by atoms with Crippen LogP contribution in [0.1, 0.15) is 29.7 Å². The second kappa shape index (κ2) is 9.66. The highest BCUT2D eigenvalue weighted by Crippen LogP contribution is 2.42. The van der Waals surface area contributed by atoms with Crippen molar-refractivity contribution >= 4 is 29.1 Å². The van der Waals surface area contributed by atoms with Crippen molar-refractivity contribution in [1.29, 1.82) is 0 Å². The molecule has 0 bridgehead atoms. The first-order valence-electron chi connectivity index (χ1n) is 10.6. The van der Waals surface area contributed by atoms with Crippen LogP contribution in [0.2, 0.25) is 0 Å². The normalized spacial score (nSPS) is 17.1. The molecule has 1 atom stereocenters. The quantitative estimate of drug-likeness (QED) is 0.259. The van der Waals surface area contributed by atoms with E-state index in [0.29, 0.717) is 16.8 Å². The van der Waals surface area contributed by atoms with E-state index in [4.69, 9.17) is 4.74 Å². The molecule has 0 aliphatic carbocycles. The molecule has 1 unspecified atom stereocenters. The van der Waals surface area contributed by atoms with E-state index in [1.54, 1.807) is 43.3 Å². The van der Waals surface area contributed by atoms with Gasteiger partial charge in [-0.15, -0.1) is 0 Å². The van der Waals surface area contributed by atoms with Crippen LogP contribution in [0.25, 0.3) is 5.76 Å². The van der Waals surface area contributed by atoms with Gasteiger partial charge in [0.15, 0.2) is 0 Å². The summed E-state index contributed by atoms with van der Waals surface area (Å²) in [5.74, 6) is -2.94. The van der Waals surface area contributed by atoms with Gasteiger partial charge in [0.05, 0.1) is 24.6 Å². The number of benzene rings is 2. The summed E-state index contributed by atoms with van der Waals surface area (Å²) in [7, 11) is 0. The van der Waals surface area contributed by atoms with Crippen molar-refractivity contribution in [3.63, 3.8) is 0 Å². The minimum absolute atomic E-state index is 0.0747. The zero-order chi connectivity index (χ0) is 24.2. The largest absolute Gasteiger partial charge is 0.507 e. The van der Waals surface area contributed by atoms with Gasteiger partial charge in [-0.1, -0.05) is 12.1 Å². The second-order valence-corrected chi connectivity index (χ2v) is 7.60. The number of amides is 1. The van der Waals surface area contributed by atoms with Gasteiger partial charge in [0.25, 0.3) is 11.7 Å². The molecule has 1 saturated heterocycles. The SMILES string of the molecule is CCOC(=O)Cc1ccc(N2C(=O)C(=O)/C(=C(\O)c3ccc(F)cc3)C2c2ccncc2)cc1. The lowest BCUT2D eigenvalue weighted by atomic mass is 9.95. The average molecular weight is 460 g/mol. The molecule has 8 heteroatoms. The molecular formula is C26H21FN2O5. The number of carbonyl (C=O) groups excluding carboxylic acids is 3. The number of pyridine rings is 1. The Labute approximate surface area is 195 Å². The van der Waals surface area contributed by atoms with E-state index in [-0.39, 0.29) is 30.1 Å². The predicted molar refractivity (Wildman–Crippen MR) is 122 cm³/mol. The molecule has 1 aliphatic heterocycles. The third kappa shape index (κ3) is 4.43. The smallest absolute Gasteiger partial charge is 0.310 e. The molecule has 172 valence electrons. The van der Waals surface area contributed by atoms with Crippen molar-refractivity contribution in [2.75, 3.05) is 11.5 Å². The van der Waals surface area contributed by atoms with Crippen molar-refractivity contribution in [2.24, 2.45) is 0 Å². The van der Waals surface area contributed by atoms with E-state index < -0.39 is 29.3 Å². The third-order valence-electron chi connectivity index (χ3n) is 5.45. The molecule has 1 amide bonds. The number of aliphatic hydroxyl groups is 1. The van der Waals surface area contributed by atoms with E-state index in [2.05, 4.69) is 4.98 Å². The summed E-state index contributed by atoms with van der Waals surface area (Å²) < 4.78 is 18.3. The zero-order valence-corrected chi connectivity index (χ0v) is 18.3. The molecule has 0 spiro atoms. The first-order chi connectivity index (χ1) is 16.4. The molecule has 0 radical (unpaired) electrons. The number of hydrogen-bond acceptors (Lipinski definition) is 6. The molecule has 2 heterocycles. The third-order valence-corrected chi connectivity index (χ3v) is 5.45. The summed E-state index contributed by atoms with van der Waals surface area (Å²) in [6.45, 7) is 2.00. The van der Waals surface area contributed by atoms with Gasteiger partial charge >= 0.3 is 5.97 Å². The maximum atomic E-state index is 13.4. The first kappa shape index (κ1) is 22.8. The van der Waals surface area contributed by atoms with Crippen LogP contribution in [0.4, 0.5) is 10.1 Å². The summed E-state index contributed by atoms with van der Waals surface area (Å²) in [6, 6.07) is 14.0. The van der Waals surface area contributed by atoms with Gasteiger partial charge in [0.1, 0.15) is 11.6 Å². The number of rotatable bonds is 6. The fraction of sp³-hybridized carbons (Fsp3) is 0.154. The summed E-state index contributed by atoms with van der Waals surface area (Å²) in [4.78, 5) is 43.2. The molecule has 3 aromatic rings. The maximum Gasteiger partial charge on any atom is 0.310 e. The Morgan fingerprint density at radius 2 is 1.68 bits per heavy atom. The van der Waals surface area contributed by atoms with Gasteiger partial charge in [-0.2, -0.15) is 0 Å². The van der Waals surface area contributed by atoms with Gasteiger partial charge in [0.2, 0.25) is 0 Å². The monoisotopic (exact) mass is 460 g/mol. The molecule has 2 aromatic carbocycles. The topological polar surface area (TPSA) is 96.8 Å². The molecule has 1 fully saturated rings. The minimum Gasteiger partial charge on any atom is -0.507 e. The lowest BCUT2D eigenvalue weighted by Crippen LogP contribution is -2.29. The number of anilines is 1. The standard InChI is InChI=1S/C26H21FN2O5/c1-2-34-21(30)15-16-3-9-20(10-4-16)29-23(17-11-13-28-14-12-17)22(25(32)26(29)33)24(31)18-5-7-19(27)8-6-18/h3-14,23,31H,2,15H2,1H3/b24-22-. The lowest BCUT2D eigenvalue weighted by molar-refractivity contribution is -0.142. The van der Waals surface area contributed by atoms with Crippen LogP contribution in [0.3, 0.4) is 0 Å². The van der Waals surface area contributed by atoms with Crippen LogP contribution in [-0.4, -0.2) is 34.4 Å². The zero-order valence-electron chi connectivity index (χ0n) is 18.3. The number of carbonyl (C=O) groups is 3. The van der Waals surface area contributed by atoms with Gasteiger partial charge in [0, 0.05) is 23.6 Å². The highest BCUT2D eigenvalue weighted by molar-refractivity contribution is 6.51. The molecule has 4 rings (SSSR count). The number of halogens is 1. The fourth-order valence-corrected chi connectivity index (χ4v) is 3.88. The van der Waals surface area contributed by atoms with E-state index >= 15 is 0 Å². The van der Waals surface area contributed by atoms with Crippen LogP contribution in [0.5, 0.6) is 0 Å². The van der Waals surface area contributed by atoms with Crippen molar-refractivity contribution in [1.82, 2.24) is 4.98 Å². The van der Waals surface area contributed by atoms with Crippen molar-refractivity contribution in [3.05, 3.63) is 101 Å². The summed E-state index contributed by atoms with van der Waals surface area (Å²) in [5.41, 5.74) is 1.76. The van der Waals surface area contributed by atoms with Gasteiger partial charge in [-0.25, -0.2) is 4.39 Å². The van der Waals surface area contributed by atoms with E-state index in [1.165, 1.54) is 29.4 Å². The number of esters is 1. The van der Waals surface area contributed by atoms with Crippen LogP contribution in [-0.2, 0) is 25.5 Å². The number of hydrogen-bond donors (Lipinski definition) is 1. The Morgan fingerprint density at radius 1 is 1.03 bits per heavy atom. The molecule has 0 saturated carbocycles. The van der Waals surface area contributed by atoms with Gasteiger partial charge in [-0.05, 0) is 66.6 Å². The Bertz CT molecular complexity index is 1250. The number of aliphatic hydroxyl groups excluding tert-OH is 1. The molecule has 1 N–H and O–H groups in total. The number of Topliss-reactive ketones (excluding diaryl/α,β-unsaturated/α-hetero) is 1. The summed E-state index contributed by atoms with van der Waals surface area (Å²) in [6.07, 6.45) is 3.12. The van der Waals surface area contributed by atoms with Gasteiger partial charge < -0.3 is 9.84 Å². The Balaban J connectivity index is 1.78. The van der Waals surface area contributed by atoms with Crippen LogP contribution in [0.15, 0.2) is 78.6 Å². The summed E-state index contributed by atoms with van der Waals surface area (Å²) in [5, 5.41) is 11.0. The number of ether oxygens (including phenoxy) is 1. The number of aromatic nitrogens is 1. The van der Waals surface area contributed by atoms with E-state index in [9.17, 15) is 23.9 Å². The van der Waals surface area contributed by atoms with Crippen molar-refractivity contribution in [3.8, 4) is 0 Å². The molecule has 7 nitrogen and oxygen atoms in total. The molecule has 34 heavy (non-hydrogen) atoms. The highest BCUT2D eigenvalue weighted by atomic mass is 19.1. The Kier molecular flexibility index (Phi) is 6.49. The lowest BCUT2D eigenvalue weighted by Gasteiger charge is -2.25. The van der Waals surface area contributed by atoms with E-state index in [0.717, 1.165) is 12.1 Å². The number of nitrogens with zero attached hydrogens (tertiary/aromatic N) is 2. The van der Waals surface area contributed by atoms with Crippen molar-refractivity contribution in [2.45, 2.75) is 19.4 Å². The average Bonchev–Trinajstić information content (AvgIpc) is 3.11. The molecule has 1 aromatic heterocycles. The summed E-state index contributed by atoms with van der Waals surface area (Å²) >= 11 is 0. The van der Waals surface area contributed by atoms with Gasteiger partial charge in [-0.3, -0.25) is 24.3 Å². The maximum absolute atomic E-state index is 13.4. The van der Waals surface area contributed by atoms with Crippen LogP contribution >= 0.6 is 0 Å². The minimum atomic E-state index is -0.927. The van der Waals surface area contributed by atoms with Crippen molar-refractivity contribution < 1.29 is 28.6 Å². The molecule has 1 aliphatic rings. The fourth-order valence-electron chi connectivity index (χ4n) is 3.88. The number of ketones is 1. The van der Waals surface area contributed by atoms with Crippen LogP contribution < -0.4 is 4.90 Å². The Morgan fingerprint density at radius 3 is 2.29 bits per heavy atom.